The first-order chi connectivity index (χ1) is 18.5. The van der Waals surface area contributed by atoms with Gasteiger partial charge in [0.15, 0.2) is 17.3 Å². The number of rotatable bonds is 6. The summed E-state index contributed by atoms with van der Waals surface area (Å²) in [4.78, 5) is 18.4. The summed E-state index contributed by atoms with van der Waals surface area (Å²) in [5, 5.41) is 9.33. The number of hydrogen-bond acceptors (Lipinski definition) is 7. The fourth-order valence-electron chi connectivity index (χ4n) is 4.11. The van der Waals surface area contributed by atoms with Gasteiger partial charge in [0.05, 0.1) is 24.4 Å². The normalized spacial score (nSPS) is 11.8. The molecule has 8 nitrogen and oxygen atoms in total. The lowest BCUT2D eigenvalue weighted by Gasteiger charge is -2.09. The minimum Gasteiger partial charge on any atom is -0.493 e. The molecule has 188 valence electrons. The van der Waals surface area contributed by atoms with Gasteiger partial charge in [-0.3, -0.25) is 4.79 Å². The summed E-state index contributed by atoms with van der Waals surface area (Å²) in [7, 11) is 3.19. The fraction of sp³-hybridized carbons (Fsp3) is 0.0714. The van der Waals surface area contributed by atoms with Crippen molar-refractivity contribution in [2.75, 3.05) is 14.2 Å². The van der Waals surface area contributed by atoms with Gasteiger partial charge in [-0.05, 0) is 48.5 Å². The highest BCUT2D eigenvalue weighted by Crippen LogP contribution is 2.33. The lowest BCUT2D eigenvalue weighted by Crippen LogP contribution is -2.23. The molecule has 0 N–H and O–H groups in total. The first-order valence-corrected chi connectivity index (χ1v) is 13.2. The van der Waals surface area contributed by atoms with Gasteiger partial charge in [-0.2, -0.15) is 14.6 Å². The van der Waals surface area contributed by atoms with Crippen LogP contribution in [-0.4, -0.2) is 38.6 Å². The van der Waals surface area contributed by atoms with Crippen LogP contribution in [0.5, 0.6) is 11.5 Å². The molecule has 0 radical (unpaired) electrons. The van der Waals surface area contributed by atoms with Gasteiger partial charge < -0.3 is 9.47 Å². The van der Waals surface area contributed by atoms with E-state index in [0.29, 0.717) is 32.5 Å². The largest absolute Gasteiger partial charge is 0.493 e. The smallest absolute Gasteiger partial charge is 0.291 e. The van der Waals surface area contributed by atoms with E-state index < -0.39 is 0 Å². The Kier molecular flexibility index (Phi) is 6.26. The van der Waals surface area contributed by atoms with Crippen LogP contribution in [0.1, 0.15) is 5.56 Å². The Bertz CT molecular complexity index is 1880. The number of hydrogen-bond donors (Lipinski definition) is 0. The Hall–Kier alpha value is -4.28. The quantitative estimate of drug-likeness (QED) is 0.273. The number of benzene rings is 3. The first kappa shape index (κ1) is 24.1. The van der Waals surface area contributed by atoms with Crippen molar-refractivity contribution in [1.29, 1.82) is 0 Å². The highest BCUT2D eigenvalue weighted by molar-refractivity contribution is 9.10. The van der Waals surface area contributed by atoms with Gasteiger partial charge in [0.1, 0.15) is 5.69 Å². The van der Waals surface area contributed by atoms with Crippen LogP contribution in [0.25, 0.3) is 39.4 Å². The number of methoxy groups -OCH3 is 2. The molecule has 3 aromatic heterocycles. The number of nitrogens with zero attached hydrogens (tertiary/aromatic N) is 5. The van der Waals surface area contributed by atoms with Gasteiger partial charge in [-0.1, -0.05) is 57.6 Å². The van der Waals surface area contributed by atoms with Gasteiger partial charge in [0.2, 0.25) is 4.96 Å². The summed E-state index contributed by atoms with van der Waals surface area (Å²) in [5.74, 6) is 1.72. The van der Waals surface area contributed by atoms with Crippen LogP contribution in [0.2, 0.25) is 0 Å². The zero-order valence-electron chi connectivity index (χ0n) is 20.3. The lowest BCUT2D eigenvalue weighted by molar-refractivity contribution is 0.355. The Labute approximate surface area is 229 Å². The van der Waals surface area contributed by atoms with Gasteiger partial charge in [0, 0.05) is 27.4 Å². The average Bonchev–Trinajstić information content (AvgIpc) is 3.64. The molecular weight excluding hydrogens is 566 g/mol. The Morgan fingerprint density at radius 1 is 0.895 bits per heavy atom. The van der Waals surface area contributed by atoms with Crippen LogP contribution >= 0.6 is 27.3 Å². The Morgan fingerprint density at radius 3 is 2.34 bits per heavy atom. The summed E-state index contributed by atoms with van der Waals surface area (Å²) in [5.41, 5.74) is 3.81. The molecule has 3 heterocycles. The van der Waals surface area contributed by atoms with E-state index >= 15 is 0 Å². The van der Waals surface area contributed by atoms with Gasteiger partial charge >= 0.3 is 0 Å². The molecule has 0 amide bonds. The maximum absolute atomic E-state index is 13.3. The van der Waals surface area contributed by atoms with Crippen molar-refractivity contribution in [3.8, 4) is 39.8 Å². The molecule has 0 saturated heterocycles. The SMILES string of the molecule is COc1ccc(-c2nn(-c3ccccc3)cc2C=c2sc3nc(-c4ccc(Br)cc4)nn3c2=O)cc1OC. The lowest BCUT2D eigenvalue weighted by atomic mass is 10.1. The van der Waals surface area contributed by atoms with E-state index in [1.807, 2.05) is 85.1 Å². The van der Waals surface area contributed by atoms with Crippen LogP contribution in [0.15, 0.2) is 88.3 Å². The van der Waals surface area contributed by atoms with E-state index in [1.165, 1.54) is 15.9 Å². The van der Waals surface area contributed by atoms with Crippen LogP contribution < -0.4 is 19.6 Å². The molecule has 0 aliphatic carbocycles. The van der Waals surface area contributed by atoms with Crippen LogP contribution in [0.4, 0.5) is 0 Å². The third-order valence-electron chi connectivity index (χ3n) is 5.99. The summed E-state index contributed by atoms with van der Waals surface area (Å²) in [6.07, 6.45) is 3.74. The maximum Gasteiger partial charge on any atom is 0.291 e. The molecule has 0 fully saturated rings. The predicted octanol–water partition coefficient (Wildman–Crippen LogP) is 5.00. The monoisotopic (exact) mass is 585 g/mol. The second-order valence-corrected chi connectivity index (χ2v) is 10.3. The second kappa shape index (κ2) is 9.88. The molecule has 0 spiro atoms. The molecule has 10 heteroatoms. The average molecular weight is 586 g/mol. The van der Waals surface area contributed by atoms with Crippen molar-refractivity contribution in [3.05, 3.63) is 104 Å². The molecule has 0 aliphatic heterocycles. The third kappa shape index (κ3) is 4.37. The zero-order chi connectivity index (χ0) is 26.2. The molecular formula is C28H20BrN5O3S. The third-order valence-corrected chi connectivity index (χ3v) is 7.48. The minimum absolute atomic E-state index is 0.230. The van der Waals surface area contributed by atoms with Crippen molar-refractivity contribution in [3.63, 3.8) is 0 Å². The van der Waals surface area contributed by atoms with E-state index in [-0.39, 0.29) is 5.56 Å². The van der Waals surface area contributed by atoms with E-state index in [9.17, 15) is 4.79 Å². The molecule has 6 aromatic rings. The molecule has 0 bridgehead atoms. The highest BCUT2D eigenvalue weighted by Gasteiger charge is 2.16. The number of aromatic nitrogens is 5. The Morgan fingerprint density at radius 2 is 1.63 bits per heavy atom. The number of ether oxygens (including phenoxy) is 2. The second-order valence-electron chi connectivity index (χ2n) is 8.34. The summed E-state index contributed by atoms with van der Waals surface area (Å²) in [6, 6.07) is 23.1. The maximum atomic E-state index is 13.3. The van der Waals surface area contributed by atoms with Crippen LogP contribution in [-0.2, 0) is 0 Å². The molecule has 0 saturated carbocycles. The van der Waals surface area contributed by atoms with Crippen LogP contribution in [0.3, 0.4) is 0 Å². The summed E-state index contributed by atoms with van der Waals surface area (Å²) < 4.78 is 15.5. The highest BCUT2D eigenvalue weighted by atomic mass is 79.9. The predicted molar refractivity (Wildman–Crippen MR) is 151 cm³/mol. The van der Waals surface area contributed by atoms with E-state index in [2.05, 4.69) is 26.0 Å². The van der Waals surface area contributed by atoms with Crippen molar-refractivity contribution in [2.45, 2.75) is 0 Å². The standard InChI is InChI=1S/C28H20BrN5O3S/c1-36-22-13-10-18(14-23(22)37-2)25-19(16-33(31-25)21-6-4-3-5-7-21)15-24-27(35)34-28(38-24)30-26(32-34)17-8-11-20(29)12-9-17/h3-16H,1-2H3. The number of halogens is 1. The minimum atomic E-state index is -0.230. The van der Waals surface area contributed by atoms with Crippen molar-refractivity contribution in [2.24, 2.45) is 0 Å². The number of fused-ring (bicyclic) bond motifs is 1. The van der Waals surface area contributed by atoms with Gasteiger partial charge in [-0.25, -0.2) is 4.68 Å². The summed E-state index contributed by atoms with van der Waals surface area (Å²) in [6.45, 7) is 0. The van der Waals surface area contributed by atoms with E-state index in [1.54, 1.807) is 18.9 Å². The Balaban J connectivity index is 1.49. The topological polar surface area (TPSA) is 83.5 Å². The molecule has 0 aliphatic rings. The van der Waals surface area contributed by atoms with Crippen molar-refractivity contribution < 1.29 is 9.47 Å². The molecule has 0 atom stereocenters. The number of thiazole rings is 1. The van der Waals surface area contributed by atoms with Crippen molar-refractivity contribution in [1.82, 2.24) is 24.4 Å². The zero-order valence-corrected chi connectivity index (χ0v) is 22.7. The van der Waals surface area contributed by atoms with E-state index in [0.717, 1.165) is 26.9 Å². The molecule has 38 heavy (non-hydrogen) atoms. The fourth-order valence-corrected chi connectivity index (χ4v) is 5.27. The van der Waals surface area contributed by atoms with Crippen LogP contribution in [0, 0.1) is 0 Å². The van der Waals surface area contributed by atoms with Gasteiger partial charge in [0.25, 0.3) is 5.56 Å². The number of para-hydroxylation sites is 1. The van der Waals surface area contributed by atoms with Gasteiger partial charge in [-0.15, -0.1) is 5.10 Å². The molecule has 3 aromatic carbocycles. The molecule has 0 unspecified atom stereocenters. The van der Waals surface area contributed by atoms with Crippen molar-refractivity contribution >= 4 is 38.3 Å². The molecule has 6 rings (SSSR count). The summed E-state index contributed by atoms with van der Waals surface area (Å²) >= 11 is 4.72. The first-order valence-electron chi connectivity index (χ1n) is 11.6. The van der Waals surface area contributed by atoms with E-state index in [4.69, 9.17) is 14.6 Å².